The fraction of sp³-hybridized carbons (Fsp3) is 0.286. The van der Waals surface area contributed by atoms with Crippen molar-refractivity contribution in [2.75, 3.05) is 6.61 Å². The van der Waals surface area contributed by atoms with Crippen LogP contribution in [0.2, 0.25) is 5.02 Å². The molecule has 55 valence electrons. The summed E-state index contributed by atoms with van der Waals surface area (Å²) in [4.78, 5) is 3.85. The van der Waals surface area contributed by atoms with Gasteiger partial charge in [0.2, 0.25) is 0 Å². The molecule has 1 radical (unpaired) electrons. The van der Waals surface area contributed by atoms with E-state index in [2.05, 4.69) is 4.98 Å². The molecule has 0 saturated carbocycles. The van der Waals surface area contributed by atoms with Crippen LogP contribution in [0.3, 0.4) is 0 Å². The van der Waals surface area contributed by atoms with Crippen molar-refractivity contribution in [3.8, 4) is 5.75 Å². The summed E-state index contributed by atoms with van der Waals surface area (Å²) >= 11 is 5.64. The van der Waals surface area contributed by atoms with Gasteiger partial charge in [0.05, 0.1) is 17.8 Å². The van der Waals surface area contributed by atoms with E-state index < -0.39 is 0 Å². The van der Waals surface area contributed by atoms with Crippen LogP contribution in [-0.4, -0.2) is 41.1 Å². The maximum Gasteiger partial charge on any atom is 0.139 e. The second-order valence-corrected chi connectivity index (χ2v) is 2.21. The summed E-state index contributed by atoms with van der Waals surface area (Å²) in [7, 11) is 0. The van der Waals surface area contributed by atoms with Gasteiger partial charge in [0.15, 0.2) is 0 Å². The van der Waals surface area contributed by atoms with E-state index in [1.54, 1.807) is 18.5 Å². The standard InChI is InChI=1S/C7H8ClNO.Na/c1-2-10-7-3-6(8)4-9-5-7;/h3-5H,2H2,1H3;. The Morgan fingerprint density at radius 3 is 2.82 bits per heavy atom. The van der Waals surface area contributed by atoms with Crippen LogP contribution in [-0.2, 0) is 0 Å². The molecule has 11 heavy (non-hydrogen) atoms. The number of ether oxygens (including phenoxy) is 1. The summed E-state index contributed by atoms with van der Waals surface area (Å²) in [5, 5.41) is 0.603. The first-order valence-corrected chi connectivity index (χ1v) is 3.44. The number of nitrogens with zero attached hydrogens (tertiary/aromatic N) is 1. The van der Waals surface area contributed by atoms with Crippen LogP contribution >= 0.6 is 11.6 Å². The van der Waals surface area contributed by atoms with E-state index in [0.29, 0.717) is 11.6 Å². The van der Waals surface area contributed by atoms with Crippen LogP contribution in [0, 0.1) is 0 Å². The van der Waals surface area contributed by atoms with Crippen molar-refractivity contribution in [1.29, 1.82) is 0 Å². The molecular formula is C7H8ClNNaO. The molecular weight excluding hydrogens is 173 g/mol. The zero-order valence-corrected chi connectivity index (χ0v) is 9.43. The Hall–Kier alpha value is 0.240. The van der Waals surface area contributed by atoms with Gasteiger partial charge in [0.25, 0.3) is 0 Å². The molecule has 0 unspecified atom stereocenters. The first-order chi connectivity index (χ1) is 4.83. The molecule has 2 nitrogen and oxygen atoms in total. The van der Waals surface area contributed by atoms with E-state index in [4.69, 9.17) is 16.3 Å². The number of hydrogen-bond donors (Lipinski definition) is 0. The number of pyridine rings is 1. The topological polar surface area (TPSA) is 22.1 Å². The average Bonchev–Trinajstić information content (AvgIpc) is 1.88. The minimum Gasteiger partial charge on any atom is -0.492 e. The molecule has 0 atom stereocenters. The van der Waals surface area contributed by atoms with Gasteiger partial charge in [-0.05, 0) is 6.92 Å². The van der Waals surface area contributed by atoms with Crippen LogP contribution < -0.4 is 4.74 Å². The smallest absolute Gasteiger partial charge is 0.139 e. The van der Waals surface area contributed by atoms with Crippen molar-refractivity contribution < 1.29 is 4.74 Å². The van der Waals surface area contributed by atoms with Crippen molar-refractivity contribution in [2.24, 2.45) is 0 Å². The molecule has 1 rings (SSSR count). The molecule has 0 N–H and O–H groups in total. The molecule has 0 aliphatic rings. The number of aromatic nitrogens is 1. The van der Waals surface area contributed by atoms with Crippen molar-refractivity contribution in [2.45, 2.75) is 6.92 Å². The minimum absolute atomic E-state index is 0. The van der Waals surface area contributed by atoms with E-state index in [0.717, 1.165) is 5.75 Å². The molecule has 1 aromatic heterocycles. The van der Waals surface area contributed by atoms with Gasteiger partial charge in [0, 0.05) is 41.8 Å². The molecule has 1 heterocycles. The number of rotatable bonds is 2. The third-order valence-corrected chi connectivity index (χ3v) is 1.20. The molecule has 0 aliphatic carbocycles. The monoisotopic (exact) mass is 180 g/mol. The first-order valence-electron chi connectivity index (χ1n) is 3.06. The molecule has 0 saturated heterocycles. The number of hydrogen-bond acceptors (Lipinski definition) is 2. The van der Waals surface area contributed by atoms with Crippen LogP contribution in [0.25, 0.3) is 0 Å². The zero-order valence-electron chi connectivity index (χ0n) is 6.67. The molecule has 1 aromatic rings. The van der Waals surface area contributed by atoms with E-state index in [-0.39, 0.29) is 29.6 Å². The van der Waals surface area contributed by atoms with E-state index in [9.17, 15) is 0 Å². The van der Waals surface area contributed by atoms with Gasteiger partial charge in [-0.2, -0.15) is 0 Å². The molecule has 0 amide bonds. The van der Waals surface area contributed by atoms with E-state index in [1.165, 1.54) is 0 Å². The zero-order chi connectivity index (χ0) is 7.40. The first kappa shape index (κ1) is 11.2. The van der Waals surface area contributed by atoms with Gasteiger partial charge >= 0.3 is 0 Å². The van der Waals surface area contributed by atoms with E-state index in [1.807, 2.05) is 6.92 Å². The molecule has 0 fully saturated rings. The van der Waals surface area contributed by atoms with E-state index >= 15 is 0 Å². The summed E-state index contributed by atoms with van der Waals surface area (Å²) in [6.07, 6.45) is 3.21. The maximum absolute atomic E-state index is 5.64. The SMILES string of the molecule is CCOc1cncc(Cl)c1.[Na]. The summed E-state index contributed by atoms with van der Waals surface area (Å²) in [6, 6.07) is 1.73. The third kappa shape index (κ3) is 3.97. The Kier molecular flexibility index (Phi) is 5.96. The van der Waals surface area contributed by atoms with Gasteiger partial charge in [-0.3, -0.25) is 4.98 Å². The molecule has 0 bridgehead atoms. The van der Waals surface area contributed by atoms with Gasteiger partial charge < -0.3 is 4.74 Å². The summed E-state index contributed by atoms with van der Waals surface area (Å²) in [5.74, 6) is 0.718. The third-order valence-electron chi connectivity index (χ3n) is 0.991. The molecule has 4 heteroatoms. The van der Waals surface area contributed by atoms with Crippen LogP contribution in [0.15, 0.2) is 18.5 Å². The largest absolute Gasteiger partial charge is 0.492 e. The number of halogens is 1. The fourth-order valence-electron chi connectivity index (χ4n) is 0.638. The van der Waals surface area contributed by atoms with Crippen molar-refractivity contribution in [3.05, 3.63) is 23.5 Å². The fourth-order valence-corrected chi connectivity index (χ4v) is 0.802. The van der Waals surface area contributed by atoms with Crippen molar-refractivity contribution >= 4 is 41.2 Å². The minimum atomic E-state index is 0. The molecule has 0 spiro atoms. The summed E-state index contributed by atoms with van der Waals surface area (Å²) in [5.41, 5.74) is 0. The second-order valence-electron chi connectivity index (χ2n) is 1.77. The van der Waals surface area contributed by atoms with Gasteiger partial charge in [0.1, 0.15) is 5.75 Å². The predicted octanol–water partition coefficient (Wildman–Crippen LogP) is 1.75. The predicted molar refractivity (Wildman–Crippen MR) is 46.2 cm³/mol. The Morgan fingerprint density at radius 2 is 2.27 bits per heavy atom. The average molecular weight is 181 g/mol. The van der Waals surface area contributed by atoms with Crippen LogP contribution in [0.5, 0.6) is 5.75 Å². The second kappa shape index (κ2) is 5.84. The van der Waals surface area contributed by atoms with Gasteiger partial charge in [-0.15, -0.1) is 0 Å². The van der Waals surface area contributed by atoms with Gasteiger partial charge in [-0.1, -0.05) is 11.6 Å². The Labute approximate surface area is 93.2 Å². The summed E-state index contributed by atoms with van der Waals surface area (Å²) in [6.45, 7) is 2.56. The molecule has 0 aliphatic heterocycles. The Morgan fingerprint density at radius 1 is 1.55 bits per heavy atom. The summed E-state index contributed by atoms with van der Waals surface area (Å²) < 4.78 is 5.14. The van der Waals surface area contributed by atoms with Crippen molar-refractivity contribution in [1.82, 2.24) is 4.98 Å². The van der Waals surface area contributed by atoms with Gasteiger partial charge in [-0.25, -0.2) is 0 Å². The Balaban J connectivity index is 0.000001000. The van der Waals surface area contributed by atoms with Crippen LogP contribution in [0.1, 0.15) is 6.92 Å². The molecule has 0 aromatic carbocycles. The van der Waals surface area contributed by atoms with Crippen molar-refractivity contribution in [3.63, 3.8) is 0 Å². The van der Waals surface area contributed by atoms with Crippen LogP contribution in [0.4, 0.5) is 0 Å². The normalized spacial score (nSPS) is 8.55. The maximum atomic E-state index is 5.64. The Bertz CT molecular complexity index is 219. The quantitative estimate of drug-likeness (QED) is 0.647.